The molecular formula is C24H13F5N4O2. The third-order valence-corrected chi connectivity index (χ3v) is 4.97. The summed E-state index contributed by atoms with van der Waals surface area (Å²) in [4.78, 5) is 20.8. The molecule has 176 valence electrons. The largest absolute Gasteiger partial charge is 0.438 e. The van der Waals surface area contributed by atoms with Crippen LogP contribution in [-0.4, -0.2) is 14.5 Å². The maximum atomic E-state index is 14.3. The molecule has 0 saturated carbocycles. The van der Waals surface area contributed by atoms with Crippen LogP contribution in [0.15, 0.2) is 71.9 Å². The lowest BCUT2D eigenvalue weighted by Crippen LogP contribution is -2.29. The van der Waals surface area contributed by atoms with Crippen molar-refractivity contribution in [2.75, 3.05) is 0 Å². The van der Waals surface area contributed by atoms with Crippen LogP contribution in [-0.2, 0) is 12.7 Å². The van der Waals surface area contributed by atoms with Gasteiger partial charge in [0, 0.05) is 24.0 Å². The van der Waals surface area contributed by atoms with Crippen molar-refractivity contribution in [1.29, 1.82) is 5.26 Å². The monoisotopic (exact) mass is 484 g/mol. The number of nitriles is 1. The molecule has 0 spiro atoms. The Bertz CT molecular complexity index is 1480. The molecule has 4 aromatic rings. The van der Waals surface area contributed by atoms with Crippen LogP contribution in [0.1, 0.15) is 16.7 Å². The normalized spacial score (nSPS) is 11.2. The third kappa shape index (κ3) is 5.01. The minimum absolute atomic E-state index is 0.152. The van der Waals surface area contributed by atoms with E-state index in [-0.39, 0.29) is 28.5 Å². The summed E-state index contributed by atoms with van der Waals surface area (Å²) < 4.78 is 74.9. The molecular weight excluding hydrogens is 471 g/mol. The fourth-order valence-corrected chi connectivity index (χ4v) is 3.35. The summed E-state index contributed by atoms with van der Waals surface area (Å²) in [5, 5.41) is 9.27. The van der Waals surface area contributed by atoms with Gasteiger partial charge in [-0.25, -0.2) is 13.8 Å². The number of rotatable bonds is 5. The van der Waals surface area contributed by atoms with E-state index in [9.17, 15) is 32.0 Å². The highest BCUT2D eigenvalue weighted by molar-refractivity contribution is 5.63. The van der Waals surface area contributed by atoms with Crippen molar-refractivity contribution in [2.45, 2.75) is 12.7 Å². The molecule has 0 saturated heterocycles. The molecule has 0 fully saturated rings. The van der Waals surface area contributed by atoms with Gasteiger partial charge in [-0.05, 0) is 42.0 Å². The van der Waals surface area contributed by atoms with E-state index in [1.807, 2.05) is 0 Å². The first kappa shape index (κ1) is 23.6. The van der Waals surface area contributed by atoms with Gasteiger partial charge < -0.3 is 9.30 Å². The minimum Gasteiger partial charge on any atom is -0.438 e. The summed E-state index contributed by atoms with van der Waals surface area (Å²) in [5.74, 6) is -1.38. The predicted molar refractivity (Wildman–Crippen MR) is 113 cm³/mol. The Hall–Kier alpha value is -4.59. The molecule has 11 heteroatoms. The Labute approximate surface area is 194 Å². The highest BCUT2D eigenvalue weighted by Gasteiger charge is 2.36. The number of pyridine rings is 1. The van der Waals surface area contributed by atoms with Crippen LogP contribution in [0, 0.1) is 23.0 Å². The van der Waals surface area contributed by atoms with E-state index in [1.54, 1.807) is 0 Å². The second kappa shape index (κ2) is 9.34. The topological polar surface area (TPSA) is 80.8 Å². The van der Waals surface area contributed by atoms with Crippen LogP contribution >= 0.6 is 0 Å². The lowest BCUT2D eigenvalue weighted by molar-refractivity contribution is -0.137. The van der Waals surface area contributed by atoms with Gasteiger partial charge in [-0.3, -0.25) is 9.78 Å². The predicted octanol–water partition coefficient (Wildman–Crippen LogP) is 5.31. The fourth-order valence-electron chi connectivity index (χ4n) is 3.35. The zero-order chi connectivity index (χ0) is 25.2. The molecule has 0 amide bonds. The number of hydrogen-bond donors (Lipinski definition) is 0. The Morgan fingerprint density at radius 2 is 1.77 bits per heavy atom. The molecule has 2 aromatic carbocycles. The van der Waals surface area contributed by atoms with E-state index in [1.165, 1.54) is 48.9 Å². The molecule has 0 unspecified atom stereocenters. The quantitative estimate of drug-likeness (QED) is 0.359. The van der Waals surface area contributed by atoms with Crippen LogP contribution in [0.3, 0.4) is 0 Å². The van der Waals surface area contributed by atoms with E-state index in [4.69, 9.17) is 4.74 Å². The number of aromatic nitrogens is 3. The molecule has 0 aliphatic rings. The number of halogens is 5. The molecule has 35 heavy (non-hydrogen) atoms. The SMILES string of the molecule is N#Cc1c(C(F)(F)F)cc(-c2ccc(Oc3cnccn3)cc2)n(Cc2ccc(F)cc2F)c1=O. The number of hydrogen-bond acceptors (Lipinski definition) is 5. The summed E-state index contributed by atoms with van der Waals surface area (Å²) >= 11 is 0. The zero-order valence-corrected chi connectivity index (χ0v) is 17.6. The van der Waals surface area contributed by atoms with Crippen molar-refractivity contribution in [2.24, 2.45) is 0 Å². The highest BCUT2D eigenvalue weighted by atomic mass is 19.4. The van der Waals surface area contributed by atoms with E-state index >= 15 is 0 Å². The first-order valence-corrected chi connectivity index (χ1v) is 9.90. The van der Waals surface area contributed by atoms with Crippen molar-refractivity contribution in [1.82, 2.24) is 14.5 Å². The summed E-state index contributed by atoms with van der Waals surface area (Å²) in [6, 6.07) is 10.2. The van der Waals surface area contributed by atoms with Gasteiger partial charge in [0.15, 0.2) is 0 Å². The summed E-state index contributed by atoms with van der Waals surface area (Å²) in [6.45, 7) is -0.537. The standard InChI is InChI=1S/C24H13F5N4O2/c25-16-4-1-15(20(26)9-16)13-33-21(10-19(24(27,28)29)18(11-30)23(33)34)14-2-5-17(6-3-14)35-22-12-31-7-8-32-22/h1-10,12H,13H2. The molecule has 0 radical (unpaired) electrons. The van der Waals surface area contributed by atoms with Gasteiger partial charge in [0.1, 0.15) is 29.0 Å². The van der Waals surface area contributed by atoms with Gasteiger partial charge >= 0.3 is 6.18 Å². The second-order valence-electron chi connectivity index (χ2n) is 7.22. The van der Waals surface area contributed by atoms with Crippen LogP contribution in [0.2, 0.25) is 0 Å². The summed E-state index contributed by atoms with van der Waals surface area (Å²) in [7, 11) is 0. The molecule has 0 aliphatic carbocycles. The van der Waals surface area contributed by atoms with Gasteiger partial charge in [0.05, 0.1) is 24.0 Å². The van der Waals surface area contributed by atoms with E-state index in [2.05, 4.69) is 9.97 Å². The van der Waals surface area contributed by atoms with Gasteiger partial charge in [-0.15, -0.1) is 0 Å². The average molecular weight is 484 g/mol. The van der Waals surface area contributed by atoms with Crippen molar-refractivity contribution in [3.05, 3.63) is 106 Å². The smallest absolute Gasteiger partial charge is 0.417 e. The van der Waals surface area contributed by atoms with Crippen LogP contribution in [0.5, 0.6) is 11.6 Å². The van der Waals surface area contributed by atoms with Gasteiger partial charge in [-0.1, -0.05) is 6.07 Å². The van der Waals surface area contributed by atoms with Crippen molar-refractivity contribution < 1.29 is 26.7 Å². The molecule has 0 aliphatic heterocycles. The van der Waals surface area contributed by atoms with Crippen LogP contribution < -0.4 is 10.3 Å². The summed E-state index contributed by atoms with van der Waals surface area (Å²) in [5.41, 5.74) is -4.04. The molecule has 4 rings (SSSR count). The van der Waals surface area contributed by atoms with Gasteiger partial charge in [0.25, 0.3) is 5.56 Å². The number of nitrogens with zero attached hydrogens (tertiary/aromatic N) is 4. The first-order valence-electron chi connectivity index (χ1n) is 9.90. The minimum atomic E-state index is -4.99. The van der Waals surface area contributed by atoms with E-state index in [0.29, 0.717) is 12.1 Å². The summed E-state index contributed by atoms with van der Waals surface area (Å²) in [6.07, 6.45) is -0.776. The maximum absolute atomic E-state index is 14.3. The Kier molecular flexibility index (Phi) is 6.29. The van der Waals surface area contributed by atoms with Gasteiger partial charge in [0.2, 0.25) is 5.88 Å². The first-order chi connectivity index (χ1) is 16.7. The molecule has 0 N–H and O–H groups in total. The van der Waals surface area contributed by atoms with Crippen LogP contribution in [0.4, 0.5) is 22.0 Å². The molecule has 0 bridgehead atoms. The Balaban J connectivity index is 1.84. The highest BCUT2D eigenvalue weighted by Crippen LogP contribution is 2.34. The lowest BCUT2D eigenvalue weighted by atomic mass is 10.0. The number of alkyl halides is 3. The maximum Gasteiger partial charge on any atom is 0.417 e. The third-order valence-electron chi connectivity index (χ3n) is 4.97. The van der Waals surface area contributed by atoms with Crippen LogP contribution in [0.25, 0.3) is 11.3 Å². The van der Waals surface area contributed by atoms with Gasteiger partial charge in [-0.2, -0.15) is 18.4 Å². The van der Waals surface area contributed by atoms with E-state index < -0.39 is 41.0 Å². The van der Waals surface area contributed by atoms with E-state index in [0.717, 1.165) is 16.7 Å². The number of benzene rings is 2. The fraction of sp³-hybridized carbons (Fsp3) is 0.0833. The van der Waals surface area contributed by atoms with Crippen molar-refractivity contribution in [3.8, 4) is 29.0 Å². The second-order valence-corrected chi connectivity index (χ2v) is 7.22. The molecule has 6 nitrogen and oxygen atoms in total. The molecule has 0 atom stereocenters. The van der Waals surface area contributed by atoms with Crippen molar-refractivity contribution >= 4 is 0 Å². The Morgan fingerprint density at radius 3 is 2.37 bits per heavy atom. The van der Waals surface area contributed by atoms with Crippen molar-refractivity contribution in [3.63, 3.8) is 0 Å². The number of ether oxygens (including phenoxy) is 1. The average Bonchev–Trinajstić information content (AvgIpc) is 2.82. The molecule has 2 aromatic heterocycles. The lowest BCUT2D eigenvalue weighted by Gasteiger charge is -2.18. The Morgan fingerprint density at radius 1 is 1.03 bits per heavy atom. The zero-order valence-electron chi connectivity index (χ0n) is 17.6. The molecule has 2 heterocycles.